The number of H-pyrrole nitrogens is 1. The van der Waals surface area contributed by atoms with Crippen molar-refractivity contribution in [2.45, 2.75) is 31.5 Å². The van der Waals surface area contributed by atoms with Gasteiger partial charge in [-0.3, -0.25) is 9.59 Å². The molecule has 134 valence electrons. The molecule has 1 aromatic carbocycles. The third-order valence-corrected chi connectivity index (χ3v) is 4.92. The normalized spacial score (nSPS) is 20.3. The highest BCUT2D eigenvalue weighted by atomic mass is 16.1. The third-order valence-electron chi connectivity index (χ3n) is 4.92. The lowest BCUT2D eigenvalue weighted by atomic mass is 9.96. The fourth-order valence-corrected chi connectivity index (χ4v) is 3.51. The predicted octanol–water partition coefficient (Wildman–Crippen LogP) is 1.37. The lowest BCUT2D eigenvalue weighted by Crippen LogP contribution is -2.49. The van der Waals surface area contributed by atoms with Gasteiger partial charge in [-0.1, -0.05) is 18.2 Å². The van der Waals surface area contributed by atoms with Crippen LogP contribution in [0.25, 0.3) is 10.9 Å². The number of hydrogen-bond donors (Lipinski definition) is 3. The van der Waals surface area contributed by atoms with Crippen LogP contribution < -0.4 is 16.2 Å². The lowest BCUT2D eigenvalue weighted by molar-refractivity contribution is -0.124. The molecular formula is C19H21N5O2. The second-order valence-corrected chi connectivity index (χ2v) is 6.68. The summed E-state index contributed by atoms with van der Waals surface area (Å²) in [6.07, 6.45) is 4.75. The molecule has 0 unspecified atom stereocenters. The summed E-state index contributed by atoms with van der Waals surface area (Å²) < 4.78 is 1.91. The van der Waals surface area contributed by atoms with Crippen LogP contribution in [0.1, 0.15) is 30.3 Å². The van der Waals surface area contributed by atoms with Crippen molar-refractivity contribution in [1.29, 1.82) is 0 Å². The van der Waals surface area contributed by atoms with E-state index in [1.807, 2.05) is 48.1 Å². The third kappa shape index (κ3) is 3.13. The van der Waals surface area contributed by atoms with Crippen molar-refractivity contribution < 1.29 is 4.79 Å². The van der Waals surface area contributed by atoms with Crippen LogP contribution >= 0.6 is 0 Å². The minimum absolute atomic E-state index is 0.0136. The Hall–Kier alpha value is -2.93. The van der Waals surface area contributed by atoms with Crippen LogP contribution in [-0.4, -0.2) is 26.5 Å². The molecule has 3 N–H and O–H groups in total. The molecule has 7 heteroatoms. The minimum Gasteiger partial charge on any atom is -0.345 e. The highest BCUT2D eigenvalue weighted by Gasteiger charge is 2.32. The summed E-state index contributed by atoms with van der Waals surface area (Å²) in [7, 11) is 1.91. The molecule has 0 bridgehead atoms. The Balaban J connectivity index is 1.56. The van der Waals surface area contributed by atoms with Crippen LogP contribution in [-0.2, 0) is 18.4 Å². The zero-order valence-corrected chi connectivity index (χ0v) is 14.5. The Morgan fingerprint density at radius 1 is 1.31 bits per heavy atom. The standard InChI is InChI=1S/C19H21N5O2/c1-24-9-8-20-18(24)17-15(6-7-16(25)23-17)21-11-13-10-12-4-2-3-5-14(12)22-19(13)26/h2-5,8-10,15,17,21H,6-7,11H2,1H3,(H,22,26)(H,23,25)/t15-,17-/m1/s1. The summed E-state index contributed by atoms with van der Waals surface area (Å²) in [4.78, 5) is 31.5. The zero-order chi connectivity index (χ0) is 18.1. The molecule has 1 aliphatic heterocycles. The highest BCUT2D eigenvalue weighted by molar-refractivity contribution is 5.78. The van der Waals surface area contributed by atoms with Crippen LogP contribution in [0.5, 0.6) is 0 Å². The molecule has 0 radical (unpaired) electrons. The van der Waals surface area contributed by atoms with Gasteiger partial charge in [0.2, 0.25) is 5.91 Å². The maximum absolute atomic E-state index is 12.3. The van der Waals surface area contributed by atoms with E-state index < -0.39 is 0 Å². The van der Waals surface area contributed by atoms with Gasteiger partial charge < -0.3 is 20.2 Å². The monoisotopic (exact) mass is 351 g/mol. The summed E-state index contributed by atoms with van der Waals surface area (Å²) in [5.41, 5.74) is 1.42. The number of amides is 1. The van der Waals surface area contributed by atoms with E-state index >= 15 is 0 Å². The van der Waals surface area contributed by atoms with E-state index in [0.717, 1.165) is 16.7 Å². The molecule has 1 saturated heterocycles. The fraction of sp³-hybridized carbons (Fsp3) is 0.316. The van der Waals surface area contributed by atoms with Gasteiger partial charge in [0, 0.05) is 49.5 Å². The summed E-state index contributed by atoms with van der Waals surface area (Å²) in [5, 5.41) is 7.46. The van der Waals surface area contributed by atoms with Gasteiger partial charge in [0.05, 0.1) is 0 Å². The van der Waals surface area contributed by atoms with Crippen molar-refractivity contribution in [3.8, 4) is 0 Å². The van der Waals surface area contributed by atoms with E-state index in [2.05, 4.69) is 20.6 Å². The number of fused-ring (bicyclic) bond motifs is 1. The molecule has 7 nitrogen and oxygen atoms in total. The van der Waals surface area contributed by atoms with Crippen LogP contribution in [0.2, 0.25) is 0 Å². The maximum atomic E-state index is 12.3. The number of piperidine rings is 1. The van der Waals surface area contributed by atoms with Gasteiger partial charge in [0.15, 0.2) is 0 Å². The molecule has 2 atom stereocenters. The Kier molecular flexibility index (Phi) is 4.30. The first-order valence-corrected chi connectivity index (χ1v) is 8.73. The van der Waals surface area contributed by atoms with Crippen LogP contribution in [0.3, 0.4) is 0 Å². The Labute approximate surface area is 150 Å². The van der Waals surface area contributed by atoms with Crippen molar-refractivity contribution in [3.63, 3.8) is 0 Å². The lowest BCUT2D eigenvalue weighted by Gasteiger charge is -2.32. The van der Waals surface area contributed by atoms with Gasteiger partial charge >= 0.3 is 0 Å². The number of aromatic amines is 1. The largest absolute Gasteiger partial charge is 0.345 e. The van der Waals surface area contributed by atoms with Crippen molar-refractivity contribution in [3.05, 3.63) is 64.5 Å². The first-order chi connectivity index (χ1) is 12.6. The first kappa shape index (κ1) is 16.5. The fourth-order valence-electron chi connectivity index (χ4n) is 3.51. The maximum Gasteiger partial charge on any atom is 0.252 e. The molecule has 2 aromatic heterocycles. The quantitative estimate of drug-likeness (QED) is 0.662. The number of hydrogen-bond acceptors (Lipinski definition) is 4. The number of aryl methyl sites for hydroxylation is 1. The van der Waals surface area contributed by atoms with Crippen LogP contribution in [0.15, 0.2) is 47.5 Å². The number of carbonyl (C=O) groups is 1. The van der Waals surface area contributed by atoms with Crippen molar-refractivity contribution >= 4 is 16.8 Å². The molecule has 0 spiro atoms. The van der Waals surface area contributed by atoms with E-state index in [4.69, 9.17) is 0 Å². The van der Waals surface area contributed by atoms with Crippen molar-refractivity contribution in [2.24, 2.45) is 7.05 Å². The summed E-state index contributed by atoms with van der Waals surface area (Å²) in [6, 6.07) is 9.44. The predicted molar refractivity (Wildman–Crippen MR) is 98.5 cm³/mol. The van der Waals surface area contributed by atoms with Gasteiger partial charge in [0.25, 0.3) is 5.56 Å². The Bertz CT molecular complexity index is 1010. The second kappa shape index (κ2) is 6.76. The molecule has 0 saturated carbocycles. The minimum atomic E-state index is -0.212. The molecule has 1 aliphatic rings. The number of para-hydroxylation sites is 1. The number of pyridine rings is 1. The average molecular weight is 351 g/mol. The van der Waals surface area contributed by atoms with Gasteiger partial charge in [-0.25, -0.2) is 4.98 Å². The van der Waals surface area contributed by atoms with Gasteiger partial charge in [0.1, 0.15) is 11.9 Å². The molecular weight excluding hydrogens is 330 g/mol. The highest BCUT2D eigenvalue weighted by Crippen LogP contribution is 2.23. The number of carbonyl (C=O) groups excluding carboxylic acids is 1. The number of rotatable bonds is 4. The summed E-state index contributed by atoms with van der Waals surface area (Å²) >= 11 is 0. The van der Waals surface area contributed by atoms with Crippen LogP contribution in [0, 0.1) is 0 Å². The molecule has 3 heterocycles. The molecule has 26 heavy (non-hydrogen) atoms. The number of nitrogens with one attached hydrogen (secondary N) is 3. The van der Waals surface area contributed by atoms with Gasteiger partial charge in [-0.05, 0) is 23.9 Å². The van der Waals surface area contributed by atoms with E-state index in [-0.39, 0.29) is 23.6 Å². The zero-order valence-electron chi connectivity index (χ0n) is 14.5. The molecule has 1 amide bonds. The number of benzene rings is 1. The first-order valence-electron chi connectivity index (χ1n) is 8.73. The van der Waals surface area contributed by atoms with Crippen LogP contribution in [0.4, 0.5) is 0 Å². The van der Waals surface area contributed by atoms with E-state index in [1.54, 1.807) is 6.20 Å². The summed E-state index contributed by atoms with van der Waals surface area (Å²) in [5.74, 6) is 0.836. The Morgan fingerprint density at radius 3 is 2.96 bits per heavy atom. The number of nitrogens with zero attached hydrogens (tertiary/aromatic N) is 2. The topological polar surface area (TPSA) is 91.8 Å². The molecule has 3 aromatic rings. The molecule has 4 rings (SSSR count). The van der Waals surface area contributed by atoms with Crippen molar-refractivity contribution in [1.82, 2.24) is 25.2 Å². The molecule has 1 fully saturated rings. The number of aromatic nitrogens is 3. The molecule has 0 aliphatic carbocycles. The van der Waals surface area contributed by atoms with E-state index in [1.165, 1.54) is 0 Å². The Morgan fingerprint density at radius 2 is 2.15 bits per heavy atom. The summed E-state index contributed by atoms with van der Waals surface area (Å²) in [6.45, 7) is 0.432. The van der Waals surface area contributed by atoms with Gasteiger partial charge in [-0.15, -0.1) is 0 Å². The second-order valence-electron chi connectivity index (χ2n) is 6.68. The van der Waals surface area contributed by atoms with Crippen molar-refractivity contribution in [2.75, 3.05) is 0 Å². The average Bonchev–Trinajstić information content (AvgIpc) is 3.06. The smallest absolute Gasteiger partial charge is 0.252 e. The van der Waals surface area contributed by atoms with Gasteiger partial charge in [-0.2, -0.15) is 0 Å². The van der Waals surface area contributed by atoms with E-state index in [0.29, 0.717) is 24.9 Å². The SMILES string of the molecule is Cn1ccnc1[C@@H]1NC(=O)CC[C@H]1NCc1cc2ccccc2[nH]c1=O. The number of imidazole rings is 1. The van der Waals surface area contributed by atoms with E-state index in [9.17, 15) is 9.59 Å².